The monoisotopic (exact) mass is 273 g/mol. The average molecular weight is 273 g/mol. The lowest BCUT2D eigenvalue weighted by atomic mass is 9.99. The number of benzene rings is 1. The minimum Gasteiger partial charge on any atom is -0.352 e. The van der Waals surface area contributed by atoms with Crippen molar-refractivity contribution in [1.29, 1.82) is 0 Å². The van der Waals surface area contributed by atoms with Gasteiger partial charge in [-0.15, -0.1) is 0 Å². The third kappa shape index (κ3) is 3.58. The van der Waals surface area contributed by atoms with Gasteiger partial charge in [-0.3, -0.25) is 9.69 Å². The summed E-state index contributed by atoms with van der Waals surface area (Å²) in [5.74, 6) is 0.778. The second-order valence-electron chi connectivity index (χ2n) is 6.00. The molecule has 1 aromatic rings. The van der Waals surface area contributed by atoms with E-state index in [-0.39, 0.29) is 5.91 Å². The van der Waals surface area contributed by atoms with Crippen LogP contribution in [-0.4, -0.2) is 43.0 Å². The molecule has 1 unspecified atom stereocenters. The molecule has 108 valence electrons. The van der Waals surface area contributed by atoms with Gasteiger partial charge in [0.25, 0.3) is 0 Å². The number of nitrogens with zero attached hydrogens (tertiary/aromatic N) is 1. The van der Waals surface area contributed by atoms with Gasteiger partial charge in [0, 0.05) is 32.1 Å². The molecule has 0 saturated carbocycles. The van der Waals surface area contributed by atoms with Crippen LogP contribution in [0.15, 0.2) is 30.3 Å². The summed E-state index contributed by atoms with van der Waals surface area (Å²) in [6.07, 6.45) is 1.75. The first-order valence-electron chi connectivity index (χ1n) is 7.56. The number of carbonyl (C=O) groups excluding carboxylic acids is 1. The van der Waals surface area contributed by atoms with Gasteiger partial charge in [-0.05, 0) is 31.0 Å². The maximum absolute atomic E-state index is 11.9. The van der Waals surface area contributed by atoms with E-state index in [9.17, 15) is 4.79 Å². The van der Waals surface area contributed by atoms with Crippen molar-refractivity contribution in [3.8, 4) is 0 Å². The van der Waals surface area contributed by atoms with E-state index in [2.05, 4.69) is 39.8 Å². The summed E-state index contributed by atoms with van der Waals surface area (Å²) >= 11 is 0. The van der Waals surface area contributed by atoms with E-state index < -0.39 is 0 Å². The Morgan fingerprint density at radius 1 is 1.30 bits per heavy atom. The maximum Gasteiger partial charge on any atom is 0.220 e. The number of nitrogens with one attached hydrogen (secondary N) is 2. The van der Waals surface area contributed by atoms with Gasteiger partial charge in [0.2, 0.25) is 5.91 Å². The fourth-order valence-electron chi connectivity index (χ4n) is 2.98. The number of carbonyl (C=O) groups is 1. The van der Waals surface area contributed by atoms with Gasteiger partial charge in [0.15, 0.2) is 0 Å². The van der Waals surface area contributed by atoms with E-state index >= 15 is 0 Å². The molecule has 1 aromatic carbocycles. The van der Waals surface area contributed by atoms with Gasteiger partial charge >= 0.3 is 0 Å². The first-order chi connectivity index (χ1) is 9.79. The molecule has 2 N–H and O–H groups in total. The zero-order valence-corrected chi connectivity index (χ0v) is 11.8. The van der Waals surface area contributed by atoms with Crippen LogP contribution in [0.1, 0.15) is 18.4 Å². The summed E-state index contributed by atoms with van der Waals surface area (Å²) < 4.78 is 0. The molecule has 0 spiro atoms. The molecule has 0 aromatic heterocycles. The molecule has 3 rings (SSSR count). The summed E-state index contributed by atoms with van der Waals surface area (Å²) in [5, 5.41) is 6.39. The number of amides is 1. The topological polar surface area (TPSA) is 44.4 Å². The summed E-state index contributed by atoms with van der Waals surface area (Å²) in [7, 11) is 0. The number of likely N-dealkylation sites (tertiary alicyclic amines) is 1. The Morgan fingerprint density at radius 2 is 2.10 bits per heavy atom. The Balaban J connectivity index is 1.41. The first kappa shape index (κ1) is 13.6. The highest BCUT2D eigenvalue weighted by Crippen LogP contribution is 2.14. The van der Waals surface area contributed by atoms with Crippen LogP contribution in [0.3, 0.4) is 0 Å². The van der Waals surface area contributed by atoms with Crippen LogP contribution in [0.2, 0.25) is 0 Å². The third-order valence-corrected chi connectivity index (χ3v) is 4.23. The predicted molar refractivity (Wildman–Crippen MR) is 79.2 cm³/mol. The third-order valence-electron chi connectivity index (χ3n) is 4.23. The largest absolute Gasteiger partial charge is 0.352 e. The molecule has 0 bridgehead atoms. The van der Waals surface area contributed by atoms with Crippen molar-refractivity contribution in [2.24, 2.45) is 5.92 Å². The molecule has 20 heavy (non-hydrogen) atoms. The second-order valence-corrected chi connectivity index (χ2v) is 6.00. The summed E-state index contributed by atoms with van der Waals surface area (Å²) in [6, 6.07) is 10.9. The maximum atomic E-state index is 11.9. The standard InChI is InChI=1S/C16H23N3O/c20-16(8-14-9-17-10-14)18-15-6-7-19(12-15)11-13-4-2-1-3-5-13/h1-5,14-15,17H,6-12H2,(H,18,20). The van der Waals surface area contributed by atoms with Gasteiger partial charge in [-0.2, -0.15) is 0 Å². The lowest BCUT2D eigenvalue weighted by molar-refractivity contribution is -0.123. The van der Waals surface area contributed by atoms with Crippen LogP contribution >= 0.6 is 0 Å². The molecule has 2 fully saturated rings. The summed E-state index contributed by atoms with van der Waals surface area (Å²) in [6.45, 7) is 5.03. The predicted octanol–water partition coefficient (Wildman–Crippen LogP) is 0.987. The Kier molecular flexibility index (Phi) is 4.33. The van der Waals surface area contributed by atoms with Crippen LogP contribution in [0.4, 0.5) is 0 Å². The molecule has 2 aliphatic rings. The van der Waals surface area contributed by atoms with Crippen LogP contribution in [0.25, 0.3) is 0 Å². The normalized spacial score (nSPS) is 23.5. The average Bonchev–Trinajstić information content (AvgIpc) is 2.82. The first-order valence-corrected chi connectivity index (χ1v) is 7.56. The minimum absolute atomic E-state index is 0.225. The molecule has 1 atom stereocenters. The summed E-state index contributed by atoms with van der Waals surface area (Å²) in [4.78, 5) is 14.3. The van der Waals surface area contributed by atoms with Gasteiger partial charge in [0.05, 0.1) is 0 Å². The molecule has 1 amide bonds. The van der Waals surface area contributed by atoms with Crippen LogP contribution in [-0.2, 0) is 11.3 Å². The minimum atomic E-state index is 0.225. The van der Waals surface area contributed by atoms with E-state index in [1.807, 2.05) is 6.07 Å². The fraction of sp³-hybridized carbons (Fsp3) is 0.562. The molecule has 4 heteroatoms. The molecule has 2 aliphatic heterocycles. The van der Waals surface area contributed by atoms with E-state index in [0.717, 1.165) is 39.1 Å². The van der Waals surface area contributed by atoms with Crippen molar-refractivity contribution in [3.63, 3.8) is 0 Å². The van der Waals surface area contributed by atoms with Gasteiger partial charge < -0.3 is 10.6 Å². The molecule has 2 saturated heterocycles. The highest BCUT2D eigenvalue weighted by molar-refractivity contribution is 5.76. The van der Waals surface area contributed by atoms with Crippen LogP contribution < -0.4 is 10.6 Å². The van der Waals surface area contributed by atoms with E-state index in [1.165, 1.54) is 5.56 Å². The SMILES string of the molecule is O=C(CC1CNC1)NC1CCN(Cc2ccccc2)C1. The number of hydrogen-bond acceptors (Lipinski definition) is 3. The van der Waals surface area contributed by atoms with Crippen molar-refractivity contribution in [3.05, 3.63) is 35.9 Å². The van der Waals surface area contributed by atoms with Crippen LogP contribution in [0.5, 0.6) is 0 Å². The number of hydrogen-bond donors (Lipinski definition) is 2. The van der Waals surface area contributed by atoms with E-state index in [0.29, 0.717) is 18.4 Å². The molecular weight excluding hydrogens is 250 g/mol. The zero-order chi connectivity index (χ0) is 13.8. The number of rotatable bonds is 5. The summed E-state index contributed by atoms with van der Waals surface area (Å²) in [5.41, 5.74) is 1.35. The molecule has 0 radical (unpaired) electrons. The van der Waals surface area contributed by atoms with E-state index in [1.54, 1.807) is 0 Å². The molecule has 0 aliphatic carbocycles. The zero-order valence-electron chi connectivity index (χ0n) is 11.8. The van der Waals surface area contributed by atoms with Gasteiger partial charge in [0.1, 0.15) is 0 Å². The Bertz CT molecular complexity index is 444. The highest BCUT2D eigenvalue weighted by Gasteiger charge is 2.26. The van der Waals surface area contributed by atoms with Crippen molar-refractivity contribution < 1.29 is 4.79 Å². The second kappa shape index (κ2) is 6.37. The Morgan fingerprint density at radius 3 is 2.80 bits per heavy atom. The lowest BCUT2D eigenvalue weighted by Gasteiger charge is -2.27. The molecular formula is C16H23N3O. The van der Waals surface area contributed by atoms with Crippen molar-refractivity contribution in [2.45, 2.75) is 25.4 Å². The van der Waals surface area contributed by atoms with Crippen molar-refractivity contribution >= 4 is 5.91 Å². The Hall–Kier alpha value is -1.39. The molecule has 4 nitrogen and oxygen atoms in total. The van der Waals surface area contributed by atoms with Crippen molar-refractivity contribution in [1.82, 2.24) is 15.5 Å². The smallest absolute Gasteiger partial charge is 0.220 e. The van der Waals surface area contributed by atoms with E-state index in [4.69, 9.17) is 0 Å². The van der Waals surface area contributed by atoms with Crippen LogP contribution in [0, 0.1) is 5.92 Å². The fourth-order valence-corrected chi connectivity index (χ4v) is 2.98. The highest BCUT2D eigenvalue weighted by atomic mass is 16.1. The quantitative estimate of drug-likeness (QED) is 0.841. The van der Waals surface area contributed by atoms with Gasteiger partial charge in [-0.25, -0.2) is 0 Å². The Labute approximate surface area is 120 Å². The molecule has 2 heterocycles. The lowest BCUT2D eigenvalue weighted by Crippen LogP contribution is -2.46. The van der Waals surface area contributed by atoms with Crippen molar-refractivity contribution in [2.75, 3.05) is 26.2 Å². The van der Waals surface area contributed by atoms with Gasteiger partial charge in [-0.1, -0.05) is 30.3 Å².